The summed E-state index contributed by atoms with van der Waals surface area (Å²) in [5, 5.41) is 67.5. The molecule has 4 unspecified atom stereocenters. The van der Waals surface area contributed by atoms with Crippen molar-refractivity contribution in [2.24, 2.45) is 0 Å². The number of aliphatic hydroxyl groups excluding tert-OH is 6. The third-order valence-corrected chi connectivity index (χ3v) is 12.1. The van der Waals surface area contributed by atoms with Gasteiger partial charge in [0.1, 0.15) is 71.0 Å². The van der Waals surface area contributed by atoms with Crippen molar-refractivity contribution in [3.05, 3.63) is 209 Å². The molecule has 0 aliphatic heterocycles. The number of aliphatic hydroxyl groups is 6. The van der Waals surface area contributed by atoms with E-state index in [9.17, 15) is 45.0 Å². The highest BCUT2D eigenvalue weighted by atomic mass is 16.6. The molecule has 0 radical (unpaired) electrons. The third-order valence-electron chi connectivity index (χ3n) is 12.1. The Kier molecular flexibility index (Phi) is 12.4. The van der Waals surface area contributed by atoms with E-state index in [1.165, 1.54) is 30.3 Å². The Morgan fingerprint density at radius 2 is 0.785 bits per heavy atom. The molecule has 2 aliphatic rings. The van der Waals surface area contributed by atoms with Gasteiger partial charge in [0.05, 0.1) is 16.5 Å². The summed E-state index contributed by atoms with van der Waals surface area (Å²) in [5.74, 6) is -0.532. The summed E-state index contributed by atoms with van der Waals surface area (Å²) in [6, 6.07) is 34.7. The summed E-state index contributed by atoms with van der Waals surface area (Å²) < 4.78 is 31.0. The minimum atomic E-state index is -1.93. The average Bonchev–Trinajstić information content (AvgIpc) is 3.32. The van der Waals surface area contributed by atoms with Gasteiger partial charge in [0, 0.05) is 43.5 Å². The SMILES string of the molecule is O=c1cc(CCc2ccccc2)oc2c1C(Oc1cc3c(=O)cc(CCc4ccccc4)oc3cc1OC1c3c(oc(CCc4ccccc4)cc3=O)C(O)[C@@H](O)[C@H]1O)[C@@H](O)[C@@H](O)C2O. The highest BCUT2D eigenvalue weighted by Crippen LogP contribution is 2.45. The fourth-order valence-corrected chi connectivity index (χ4v) is 8.56. The molecule has 14 nitrogen and oxygen atoms in total. The Bertz CT molecular complexity index is 2980. The number of fused-ring (bicyclic) bond motifs is 3. The van der Waals surface area contributed by atoms with E-state index in [1.807, 2.05) is 91.0 Å². The van der Waals surface area contributed by atoms with Crippen LogP contribution in [0.1, 0.15) is 81.0 Å². The zero-order chi connectivity index (χ0) is 45.4. The maximum Gasteiger partial charge on any atom is 0.193 e. The Balaban J connectivity index is 1.12. The van der Waals surface area contributed by atoms with Gasteiger partial charge in [-0.05, 0) is 42.0 Å². The molecular formula is C51H46O14. The molecule has 3 aromatic heterocycles. The quantitative estimate of drug-likeness (QED) is 0.0912. The summed E-state index contributed by atoms with van der Waals surface area (Å²) in [5.41, 5.74) is 0.502. The molecule has 0 bridgehead atoms. The minimum absolute atomic E-state index is 0.0000617. The lowest BCUT2D eigenvalue weighted by Gasteiger charge is -2.37. The first-order chi connectivity index (χ1) is 31.4. The van der Waals surface area contributed by atoms with Crippen LogP contribution < -0.4 is 25.8 Å². The van der Waals surface area contributed by atoms with Crippen molar-refractivity contribution in [3.63, 3.8) is 0 Å². The Labute approximate surface area is 370 Å². The van der Waals surface area contributed by atoms with Crippen LogP contribution in [0.5, 0.6) is 11.5 Å². The fraction of sp³-hybridized carbons (Fsp3) is 0.275. The summed E-state index contributed by atoms with van der Waals surface area (Å²) in [7, 11) is 0. The molecule has 65 heavy (non-hydrogen) atoms. The normalized spacial score (nSPS) is 22.6. The van der Waals surface area contributed by atoms with Gasteiger partial charge in [0.2, 0.25) is 0 Å². The van der Waals surface area contributed by atoms with Crippen LogP contribution >= 0.6 is 0 Å². The highest BCUT2D eigenvalue weighted by molar-refractivity contribution is 5.81. The molecule has 0 amide bonds. The van der Waals surface area contributed by atoms with Gasteiger partial charge >= 0.3 is 0 Å². The van der Waals surface area contributed by atoms with Crippen LogP contribution in [0.25, 0.3) is 11.0 Å². The molecule has 3 heterocycles. The van der Waals surface area contributed by atoms with Gasteiger partial charge < -0.3 is 53.4 Å². The molecule has 9 rings (SSSR count). The second-order valence-electron chi connectivity index (χ2n) is 16.5. The van der Waals surface area contributed by atoms with Crippen LogP contribution in [0.3, 0.4) is 0 Å². The number of aryl methyl sites for hydroxylation is 6. The highest BCUT2D eigenvalue weighted by Gasteiger charge is 2.48. The first kappa shape index (κ1) is 43.6. The molecule has 0 saturated carbocycles. The van der Waals surface area contributed by atoms with Gasteiger partial charge in [-0.15, -0.1) is 0 Å². The third kappa shape index (κ3) is 8.92. The smallest absolute Gasteiger partial charge is 0.193 e. The van der Waals surface area contributed by atoms with Crippen molar-refractivity contribution < 1.29 is 53.4 Å². The van der Waals surface area contributed by atoms with E-state index >= 15 is 0 Å². The van der Waals surface area contributed by atoms with Gasteiger partial charge in [-0.1, -0.05) is 91.0 Å². The van der Waals surface area contributed by atoms with E-state index in [1.54, 1.807) is 0 Å². The average molecular weight is 883 g/mol. The van der Waals surface area contributed by atoms with Crippen LogP contribution in [0.2, 0.25) is 0 Å². The summed E-state index contributed by atoms with van der Waals surface area (Å²) in [6.45, 7) is 0. The molecular weight excluding hydrogens is 837 g/mol. The van der Waals surface area contributed by atoms with Crippen molar-refractivity contribution in [2.75, 3.05) is 0 Å². The van der Waals surface area contributed by atoms with E-state index in [0.717, 1.165) is 16.7 Å². The van der Waals surface area contributed by atoms with Crippen molar-refractivity contribution >= 4 is 11.0 Å². The van der Waals surface area contributed by atoms with Crippen LogP contribution in [-0.4, -0.2) is 55.1 Å². The summed E-state index contributed by atoms with van der Waals surface area (Å²) >= 11 is 0. The second kappa shape index (κ2) is 18.4. The largest absolute Gasteiger partial charge is 0.479 e. The van der Waals surface area contributed by atoms with Gasteiger partial charge in [0.15, 0.2) is 40.0 Å². The molecule has 14 heteroatoms. The number of rotatable bonds is 13. The van der Waals surface area contributed by atoms with Gasteiger partial charge in [0.25, 0.3) is 0 Å². The van der Waals surface area contributed by atoms with E-state index < -0.39 is 65.1 Å². The topological polar surface area (TPSA) is 230 Å². The van der Waals surface area contributed by atoms with Crippen molar-refractivity contribution in [1.82, 2.24) is 0 Å². The lowest BCUT2D eigenvalue weighted by atomic mass is 9.86. The molecule has 6 N–H and O–H groups in total. The molecule has 2 aliphatic carbocycles. The van der Waals surface area contributed by atoms with Crippen molar-refractivity contribution in [3.8, 4) is 11.5 Å². The van der Waals surface area contributed by atoms with Crippen LogP contribution in [0, 0.1) is 0 Å². The van der Waals surface area contributed by atoms with Gasteiger partial charge in [-0.2, -0.15) is 0 Å². The van der Waals surface area contributed by atoms with Crippen LogP contribution in [0.15, 0.2) is 149 Å². The molecule has 8 atom stereocenters. The predicted octanol–water partition coefficient (Wildman–Crippen LogP) is 4.83. The van der Waals surface area contributed by atoms with Crippen LogP contribution in [-0.2, 0) is 38.5 Å². The number of ether oxygens (including phenoxy) is 2. The monoisotopic (exact) mass is 882 g/mol. The first-order valence-electron chi connectivity index (χ1n) is 21.4. The lowest BCUT2D eigenvalue weighted by Crippen LogP contribution is -2.46. The van der Waals surface area contributed by atoms with Crippen LogP contribution in [0.4, 0.5) is 0 Å². The van der Waals surface area contributed by atoms with Gasteiger partial charge in [-0.3, -0.25) is 14.4 Å². The maximum atomic E-state index is 14.0. The van der Waals surface area contributed by atoms with Crippen molar-refractivity contribution in [2.45, 2.75) is 87.4 Å². The lowest BCUT2D eigenvalue weighted by molar-refractivity contribution is -0.126. The van der Waals surface area contributed by atoms with Crippen molar-refractivity contribution in [1.29, 1.82) is 0 Å². The first-order valence-corrected chi connectivity index (χ1v) is 21.4. The van der Waals surface area contributed by atoms with E-state index in [2.05, 4.69) is 0 Å². The zero-order valence-electron chi connectivity index (χ0n) is 34.9. The predicted molar refractivity (Wildman–Crippen MR) is 235 cm³/mol. The summed E-state index contributed by atoms with van der Waals surface area (Å²) in [6.07, 6.45) is -12.4. The molecule has 0 fully saturated rings. The van der Waals surface area contributed by atoms with Gasteiger partial charge in [-0.25, -0.2) is 0 Å². The minimum Gasteiger partial charge on any atom is -0.479 e. The molecule has 4 aromatic carbocycles. The molecule has 0 spiro atoms. The standard InChI is InChI=1S/C51H46O14/c52-34-22-30(19-16-27-10-4-1-5-11-27)61-37-26-39(65-51-41-36(54)24-32(21-18-29-14-8-3-9-15-29)63-49(41)45(58)43(56)47(51)60)38(25-33(34)37)64-50-40-35(53)23-31(20-17-28-12-6-2-7-13-28)62-48(40)44(57)42(55)46(50)59/h1-15,22-26,42-47,50-51,55-60H,16-21H2/t42-,43+,44?,45?,46-,47+,50?,51?/m0/s1. The van der Waals surface area contributed by atoms with E-state index in [-0.39, 0.29) is 69.5 Å². The Hall–Kier alpha value is -6.65. The maximum absolute atomic E-state index is 14.0. The van der Waals surface area contributed by atoms with E-state index in [0.29, 0.717) is 31.4 Å². The Morgan fingerprint density at radius 3 is 1.20 bits per heavy atom. The fourth-order valence-electron chi connectivity index (χ4n) is 8.56. The zero-order valence-corrected chi connectivity index (χ0v) is 34.9. The number of hydrogen-bond acceptors (Lipinski definition) is 14. The second-order valence-corrected chi connectivity index (χ2v) is 16.5. The summed E-state index contributed by atoms with van der Waals surface area (Å²) in [4.78, 5) is 41.7. The number of hydrogen-bond donors (Lipinski definition) is 6. The number of benzene rings is 4. The molecule has 7 aromatic rings. The Morgan fingerprint density at radius 1 is 0.415 bits per heavy atom. The molecule has 334 valence electrons. The molecule has 0 saturated heterocycles. The van der Waals surface area contributed by atoms with E-state index in [4.69, 9.17) is 22.7 Å².